The Morgan fingerprint density at radius 3 is 2.71 bits per heavy atom. The minimum Gasteiger partial charge on any atom is -0.435 e. The highest BCUT2D eigenvalue weighted by Crippen LogP contribution is 2.19. The summed E-state index contributed by atoms with van der Waals surface area (Å²) in [6.45, 7) is -2.20. The number of aromatic amines is 1. The van der Waals surface area contributed by atoms with Gasteiger partial charge in [0.15, 0.2) is 0 Å². The number of hydrogen-bond donors (Lipinski definition) is 2. The number of anilines is 1. The van der Waals surface area contributed by atoms with Crippen LogP contribution in [0.5, 0.6) is 5.75 Å². The Labute approximate surface area is 119 Å². The van der Waals surface area contributed by atoms with Crippen molar-refractivity contribution in [2.75, 3.05) is 5.32 Å². The summed E-state index contributed by atoms with van der Waals surface area (Å²) in [6.07, 6.45) is 1.76. The van der Waals surface area contributed by atoms with Gasteiger partial charge in [-0.15, -0.1) is 0 Å². The van der Waals surface area contributed by atoms with Crippen LogP contribution in [0.2, 0.25) is 0 Å². The zero-order valence-electron chi connectivity index (χ0n) is 11.0. The van der Waals surface area contributed by atoms with E-state index in [0.717, 1.165) is 22.2 Å². The van der Waals surface area contributed by atoms with Crippen molar-refractivity contribution in [3.05, 3.63) is 54.2 Å². The van der Waals surface area contributed by atoms with Crippen molar-refractivity contribution in [1.29, 1.82) is 0 Å². The number of aromatic nitrogens is 2. The molecule has 0 unspecified atom stereocenters. The topological polar surface area (TPSA) is 49.9 Å². The molecule has 0 atom stereocenters. The van der Waals surface area contributed by atoms with Crippen LogP contribution in [0.3, 0.4) is 0 Å². The fourth-order valence-corrected chi connectivity index (χ4v) is 2.05. The van der Waals surface area contributed by atoms with E-state index < -0.39 is 6.61 Å². The molecule has 21 heavy (non-hydrogen) atoms. The van der Waals surface area contributed by atoms with Crippen LogP contribution in [0.25, 0.3) is 10.9 Å². The first-order chi connectivity index (χ1) is 10.2. The predicted octanol–water partition coefficient (Wildman–Crippen LogP) is 3.78. The quantitative estimate of drug-likeness (QED) is 0.751. The fourth-order valence-electron chi connectivity index (χ4n) is 2.05. The Hall–Kier alpha value is -2.63. The molecular weight excluding hydrogens is 276 g/mol. The number of fused-ring (bicyclic) bond motifs is 1. The van der Waals surface area contributed by atoms with E-state index in [9.17, 15) is 8.78 Å². The summed E-state index contributed by atoms with van der Waals surface area (Å²) in [5.41, 5.74) is 2.93. The number of benzene rings is 2. The van der Waals surface area contributed by atoms with Crippen LogP contribution < -0.4 is 10.1 Å². The highest BCUT2D eigenvalue weighted by molar-refractivity contribution is 5.81. The van der Waals surface area contributed by atoms with Gasteiger partial charge in [-0.1, -0.05) is 12.1 Å². The lowest BCUT2D eigenvalue weighted by Gasteiger charge is -2.08. The van der Waals surface area contributed by atoms with Gasteiger partial charge in [0.1, 0.15) is 5.75 Å². The van der Waals surface area contributed by atoms with Crippen LogP contribution in [0, 0.1) is 0 Å². The molecule has 0 bridgehead atoms. The van der Waals surface area contributed by atoms with Crippen molar-refractivity contribution in [3.63, 3.8) is 0 Å². The molecule has 0 radical (unpaired) electrons. The Bertz CT molecular complexity index is 725. The second-order valence-electron chi connectivity index (χ2n) is 4.55. The maximum atomic E-state index is 12.0. The van der Waals surface area contributed by atoms with E-state index in [4.69, 9.17) is 0 Å². The van der Waals surface area contributed by atoms with Gasteiger partial charge in [0.25, 0.3) is 0 Å². The molecule has 0 aliphatic heterocycles. The van der Waals surface area contributed by atoms with Gasteiger partial charge < -0.3 is 10.1 Å². The van der Waals surface area contributed by atoms with Crippen LogP contribution in [-0.2, 0) is 6.54 Å². The number of rotatable bonds is 5. The molecule has 3 aromatic rings. The van der Waals surface area contributed by atoms with E-state index in [1.54, 1.807) is 18.3 Å². The van der Waals surface area contributed by atoms with Crippen molar-refractivity contribution in [2.45, 2.75) is 13.2 Å². The lowest BCUT2D eigenvalue weighted by atomic mass is 10.2. The van der Waals surface area contributed by atoms with Gasteiger partial charge in [-0.25, -0.2) is 0 Å². The van der Waals surface area contributed by atoms with Crippen LogP contribution in [0.4, 0.5) is 14.5 Å². The molecule has 1 heterocycles. The van der Waals surface area contributed by atoms with E-state index >= 15 is 0 Å². The SMILES string of the molecule is FC(F)Oc1ccc(CNc2ccc3[nH]ncc3c2)cc1. The van der Waals surface area contributed by atoms with Crippen molar-refractivity contribution in [3.8, 4) is 5.75 Å². The number of nitrogens with one attached hydrogen (secondary N) is 2. The number of H-pyrrole nitrogens is 1. The second-order valence-corrected chi connectivity index (χ2v) is 4.55. The molecule has 0 saturated heterocycles. The van der Waals surface area contributed by atoms with Crippen LogP contribution >= 0.6 is 0 Å². The number of hydrogen-bond acceptors (Lipinski definition) is 3. The van der Waals surface area contributed by atoms with Crippen molar-refractivity contribution >= 4 is 16.6 Å². The first-order valence-electron chi connectivity index (χ1n) is 6.41. The maximum absolute atomic E-state index is 12.0. The normalized spacial score (nSPS) is 11.0. The molecule has 0 fully saturated rings. The smallest absolute Gasteiger partial charge is 0.387 e. The van der Waals surface area contributed by atoms with E-state index in [1.165, 1.54) is 12.1 Å². The number of alkyl halides is 2. The predicted molar refractivity (Wildman–Crippen MR) is 76.5 cm³/mol. The van der Waals surface area contributed by atoms with Gasteiger partial charge in [0.05, 0.1) is 11.7 Å². The van der Waals surface area contributed by atoms with Gasteiger partial charge in [-0.05, 0) is 35.9 Å². The first-order valence-corrected chi connectivity index (χ1v) is 6.41. The minimum absolute atomic E-state index is 0.161. The van der Waals surface area contributed by atoms with Gasteiger partial charge in [-0.3, -0.25) is 5.10 Å². The van der Waals surface area contributed by atoms with Gasteiger partial charge in [0.2, 0.25) is 0 Å². The molecule has 1 aromatic heterocycles. The average molecular weight is 289 g/mol. The summed E-state index contributed by atoms with van der Waals surface area (Å²) in [4.78, 5) is 0. The standard InChI is InChI=1S/C15H13F2N3O/c16-15(17)21-13-4-1-10(2-5-13)8-18-12-3-6-14-11(7-12)9-19-20-14/h1-7,9,15,18H,8H2,(H,19,20). The summed E-state index contributed by atoms with van der Waals surface area (Å²) in [5, 5.41) is 11.2. The molecular formula is C15H13F2N3O. The molecule has 0 amide bonds. The zero-order valence-corrected chi connectivity index (χ0v) is 11.0. The lowest BCUT2D eigenvalue weighted by Crippen LogP contribution is -2.02. The number of halogens is 2. The Balaban J connectivity index is 1.63. The van der Waals surface area contributed by atoms with Crippen LogP contribution in [0.15, 0.2) is 48.7 Å². The van der Waals surface area contributed by atoms with E-state index in [1.807, 2.05) is 18.2 Å². The third-order valence-electron chi connectivity index (χ3n) is 3.09. The molecule has 0 saturated carbocycles. The fraction of sp³-hybridized carbons (Fsp3) is 0.133. The first kappa shape index (κ1) is 13.4. The van der Waals surface area contributed by atoms with Gasteiger partial charge in [0, 0.05) is 17.6 Å². The molecule has 108 valence electrons. The lowest BCUT2D eigenvalue weighted by molar-refractivity contribution is -0.0498. The maximum Gasteiger partial charge on any atom is 0.387 e. The van der Waals surface area contributed by atoms with Crippen molar-refractivity contribution in [2.24, 2.45) is 0 Å². The molecule has 4 nitrogen and oxygen atoms in total. The summed E-state index contributed by atoms with van der Waals surface area (Å²) in [5.74, 6) is 0.161. The highest BCUT2D eigenvalue weighted by Gasteiger charge is 2.04. The van der Waals surface area contributed by atoms with E-state index in [-0.39, 0.29) is 5.75 Å². The molecule has 2 aromatic carbocycles. The van der Waals surface area contributed by atoms with Crippen molar-refractivity contribution in [1.82, 2.24) is 10.2 Å². The van der Waals surface area contributed by atoms with Crippen molar-refractivity contribution < 1.29 is 13.5 Å². The summed E-state index contributed by atoms with van der Waals surface area (Å²) < 4.78 is 28.4. The molecule has 0 aliphatic rings. The minimum atomic E-state index is -2.80. The number of ether oxygens (including phenoxy) is 1. The molecule has 6 heteroatoms. The largest absolute Gasteiger partial charge is 0.435 e. The van der Waals surface area contributed by atoms with Crippen LogP contribution in [0.1, 0.15) is 5.56 Å². The molecule has 2 N–H and O–H groups in total. The Kier molecular flexibility index (Phi) is 3.68. The molecule has 3 rings (SSSR count). The number of nitrogens with zero attached hydrogens (tertiary/aromatic N) is 1. The summed E-state index contributed by atoms with van der Waals surface area (Å²) in [6, 6.07) is 12.5. The Morgan fingerprint density at radius 2 is 1.95 bits per heavy atom. The monoisotopic (exact) mass is 289 g/mol. The third-order valence-corrected chi connectivity index (χ3v) is 3.09. The highest BCUT2D eigenvalue weighted by atomic mass is 19.3. The average Bonchev–Trinajstić information content (AvgIpc) is 2.93. The van der Waals surface area contributed by atoms with E-state index in [0.29, 0.717) is 6.54 Å². The van der Waals surface area contributed by atoms with Gasteiger partial charge >= 0.3 is 6.61 Å². The van der Waals surface area contributed by atoms with Gasteiger partial charge in [-0.2, -0.15) is 13.9 Å². The summed E-state index contributed by atoms with van der Waals surface area (Å²) >= 11 is 0. The molecule has 0 aliphatic carbocycles. The Morgan fingerprint density at radius 1 is 1.14 bits per heavy atom. The second kappa shape index (κ2) is 5.78. The zero-order chi connectivity index (χ0) is 14.7. The molecule has 0 spiro atoms. The van der Waals surface area contributed by atoms with E-state index in [2.05, 4.69) is 20.3 Å². The van der Waals surface area contributed by atoms with Crippen LogP contribution in [-0.4, -0.2) is 16.8 Å². The summed E-state index contributed by atoms with van der Waals surface area (Å²) in [7, 11) is 0. The third kappa shape index (κ3) is 3.28.